The number of carbonyl (C=O) groups excluding carboxylic acids is 2. The van der Waals surface area contributed by atoms with Crippen molar-refractivity contribution in [1.29, 1.82) is 0 Å². The first-order valence-electron chi connectivity index (χ1n) is 7.49. The van der Waals surface area contributed by atoms with Crippen LogP contribution in [0.4, 0.5) is 0 Å². The zero-order chi connectivity index (χ0) is 15.5. The molecular formula is C14H23N3O3S. The number of nitrogens with zero attached hydrogens (tertiary/aromatic N) is 1. The average molecular weight is 313 g/mol. The number of hydrogen-bond acceptors (Lipinski definition) is 4. The molecule has 21 heavy (non-hydrogen) atoms. The van der Waals surface area contributed by atoms with Crippen LogP contribution in [0.5, 0.6) is 0 Å². The van der Waals surface area contributed by atoms with Gasteiger partial charge in [0.25, 0.3) is 0 Å². The van der Waals surface area contributed by atoms with Gasteiger partial charge < -0.3 is 20.7 Å². The van der Waals surface area contributed by atoms with Gasteiger partial charge in [0.15, 0.2) is 0 Å². The summed E-state index contributed by atoms with van der Waals surface area (Å²) in [6, 6.07) is -0.579. The Labute approximate surface area is 130 Å². The summed E-state index contributed by atoms with van der Waals surface area (Å²) < 4.78 is 5.37. The third-order valence-corrected chi connectivity index (χ3v) is 4.72. The Bertz CT molecular complexity index is 437. The number of thiocarbonyl (C=S) groups is 1. The summed E-state index contributed by atoms with van der Waals surface area (Å²) in [5.41, 5.74) is 5.05. The zero-order valence-electron chi connectivity index (χ0n) is 12.4. The van der Waals surface area contributed by atoms with E-state index in [1.165, 1.54) is 0 Å². The van der Waals surface area contributed by atoms with Crippen LogP contribution in [-0.4, -0.2) is 54.0 Å². The van der Waals surface area contributed by atoms with Crippen LogP contribution < -0.4 is 11.1 Å². The molecule has 2 aliphatic rings. The maximum atomic E-state index is 12.9. The topological polar surface area (TPSA) is 84.7 Å². The third-order valence-electron chi connectivity index (χ3n) is 4.33. The predicted molar refractivity (Wildman–Crippen MR) is 82.7 cm³/mol. The van der Waals surface area contributed by atoms with Gasteiger partial charge in [0.1, 0.15) is 6.04 Å². The highest BCUT2D eigenvalue weighted by atomic mass is 32.1. The van der Waals surface area contributed by atoms with E-state index in [1.807, 2.05) is 6.92 Å². The fourth-order valence-electron chi connectivity index (χ4n) is 2.80. The first kappa shape index (κ1) is 16.2. The number of ether oxygens (including phenoxy) is 1. The molecule has 1 saturated heterocycles. The number of hydrogen-bond donors (Lipinski definition) is 2. The molecule has 0 aromatic rings. The molecule has 6 nitrogen and oxygen atoms in total. The van der Waals surface area contributed by atoms with Crippen molar-refractivity contribution in [3.63, 3.8) is 0 Å². The summed E-state index contributed by atoms with van der Waals surface area (Å²) in [6.45, 7) is 3.66. The second kappa shape index (κ2) is 6.70. The van der Waals surface area contributed by atoms with Crippen LogP contribution in [0, 0.1) is 5.41 Å². The molecule has 2 amide bonds. The largest absolute Gasteiger partial charge is 0.392 e. The van der Waals surface area contributed by atoms with E-state index in [0.29, 0.717) is 32.5 Å². The van der Waals surface area contributed by atoms with Crippen molar-refractivity contribution in [3.05, 3.63) is 0 Å². The maximum Gasteiger partial charge on any atom is 0.245 e. The van der Waals surface area contributed by atoms with Gasteiger partial charge in [0.05, 0.1) is 23.6 Å². The minimum Gasteiger partial charge on any atom is -0.392 e. The molecule has 0 aromatic carbocycles. The van der Waals surface area contributed by atoms with E-state index in [4.69, 9.17) is 22.7 Å². The van der Waals surface area contributed by atoms with E-state index >= 15 is 0 Å². The van der Waals surface area contributed by atoms with Crippen LogP contribution in [0.1, 0.15) is 32.6 Å². The molecule has 0 spiro atoms. The Balaban J connectivity index is 2.12. The number of morpholine rings is 1. The van der Waals surface area contributed by atoms with Crippen molar-refractivity contribution in [2.45, 2.75) is 38.6 Å². The Morgan fingerprint density at radius 1 is 1.48 bits per heavy atom. The summed E-state index contributed by atoms with van der Waals surface area (Å²) >= 11 is 5.10. The van der Waals surface area contributed by atoms with Crippen LogP contribution in [-0.2, 0) is 14.3 Å². The normalized spacial score (nSPS) is 24.0. The number of carbonyl (C=O) groups is 2. The molecule has 0 radical (unpaired) electrons. The molecule has 2 rings (SSSR count). The monoisotopic (exact) mass is 313 g/mol. The predicted octanol–water partition coefficient (Wildman–Crippen LogP) is 0.196. The first-order valence-corrected chi connectivity index (χ1v) is 7.90. The van der Waals surface area contributed by atoms with E-state index < -0.39 is 11.5 Å². The molecule has 1 heterocycles. The smallest absolute Gasteiger partial charge is 0.245 e. The van der Waals surface area contributed by atoms with Crippen molar-refractivity contribution >= 4 is 29.0 Å². The van der Waals surface area contributed by atoms with Crippen LogP contribution in [0.3, 0.4) is 0 Å². The van der Waals surface area contributed by atoms with Gasteiger partial charge in [-0.2, -0.15) is 0 Å². The number of nitrogens with one attached hydrogen (secondary N) is 1. The van der Waals surface area contributed by atoms with E-state index in [-0.39, 0.29) is 23.4 Å². The molecular weight excluding hydrogens is 290 g/mol. The van der Waals surface area contributed by atoms with Gasteiger partial charge in [-0.1, -0.05) is 25.6 Å². The van der Waals surface area contributed by atoms with Gasteiger partial charge in [0, 0.05) is 13.1 Å². The lowest BCUT2D eigenvalue weighted by molar-refractivity contribution is -0.156. The minimum atomic E-state index is -0.740. The van der Waals surface area contributed by atoms with Crippen molar-refractivity contribution < 1.29 is 14.3 Å². The zero-order valence-corrected chi connectivity index (χ0v) is 13.2. The number of rotatable bonds is 5. The summed E-state index contributed by atoms with van der Waals surface area (Å²) in [5.74, 6) is -0.275. The first-order chi connectivity index (χ1) is 10.0. The Hall–Kier alpha value is -1.21. The van der Waals surface area contributed by atoms with E-state index in [0.717, 1.165) is 12.8 Å². The van der Waals surface area contributed by atoms with Gasteiger partial charge in [-0.25, -0.2) is 0 Å². The third kappa shape index (κ3) is 3.03. The molecule has 118 valence electrons. The highest BCUT2D eigenvalue weighted by Crippen LogP contribution is 2.43. The van der Waals surface area contributed by atoms with Gasteiger partial charge in [-0.3, -0.25) is 9.59 Å². The molecule has 7 heteroatoms. The van der Waals surface area contributed by atoms with Crippen LogP contribution >= 0.6 is 12.2 Å². The maximum absolute atomic E-state index is 12.9. The molecule has 2 fully saturated rings. The fraction of sp³-hybridized carbons (Fsp3) is 0.786. The van der Waals surface area contributed by atoms with Crippen LogP contribution in [0.2, 0.25) is 0 Å². The lowest BCUT2D eigenvalue weighted by Crippen LogP contribution is -2.62. The van der Waals surface area contributed by atoms with E-state index in [9.17, 15) is 9.59 Å². The van der Waals surface area contributed by atoms with Crippen LogP contribution in [0.25, 0.3) is 0 Å². The van der Waals surface area contributed by atoms with E-state index in [1.54, 1.807) is 4.90 Å². The Morgan fingerprint density at radius 2 is 2.19 bits per heavy atom. The highest BCUT2D eigenvalue weighted by Gasteiger charge is 2.51. The van der Waals surface area contributed by atoms with Gasteiger partial charge in [-0.15, -0.1) is 0 Å². The number of nitrogens with two attached hydrogens (primary N) is 1. The second-order valence-electron chi connectivity index (χ2n) is 5.68. The van der Waals surface area contributed by atoms with Crippen molar-refractivity contribution in [3.8, 4) is 0 Å². The molecule has 1 atom stereocenters. The van der Waals surface area contributed by atoms with Crippen molar-refractivity contribution in [2.24, 2.45) is 11.1 Å². The number of amides is 2. The summed E-state index contributed by atoms with van der Waals surface area (Å²) in [4.78, 5) is 26.9. The minimum absolute atomic E-state index is 0.110. The quantitative estimate of drug-likeness (QED) is 0.708. The molecule has 0 aromatic heterocycles. The molecule has 1 unspecified atom stereocenters. The lowest BCUT2D eigenvalue weighted by atomic mass is 9.67. The van der Waals surface area contributed by atoms with Crippen LogP contribution in [0.15, 0.2) is 0 Å². The second-order valence-corrected chi connectivity index (χ2v) is 6.12. The highest BCUT2D eigenvalue weighted by molar-refractivity contribution is 7.80. The van der Waals surface area contributed by atoms with Crippen molar-refractivity contribution in [2.75, 3.05) is 26.3 Å². The van der Waals surface area contributed by atoms with Gasteiger partial charge in [0.2, 0.25) is 11.8 Å². The fourth-order valence-corrected chi connectivity index (χ4v) is 3.09. The van der Waals surface area contributed by atoms with Gasteiger partial charge in [-0.05, 0) is 19.3 Å². The SMILES string of the molecule is CCCNC(=O)C1COCCN1C(=O)C1(C(N)=S)CCC1. The molecule has 1 aliphatic carbocycles. The summed E-state index contributed by atoms with van der Waals surface area (Å²) in [7, 11) is 0. The Kier molecular flexibility index (Phi) is 5.16. The summed E-state index contributed by atoms with van der Waals surface area (Å²) in [6.07, 6.45) is 3.16. The van der Waals surface area contributed by atoms with Gasteiger partial charge >= 0.3 is 0 Å². The summed E-state index contributed by atoms with van der Waals surface area (Å²) in [5, 5.41) is 2.83. The molecule has 0 bridgehead atoms. The standard InChI is InChI=1S/C14H23N3O3S/c1-2-6-16-11(18)10-9-20-8-7-17(10)13(19)14(12(15)21)4-3-5-14/h10H,2-9H2,1H3,(H2,15,21)(H,16,18). The molecule has 1 aliphatic heterocycles. The Morgan fingerprint density at radius 3 is 2.71 bits per heavy atom. The lowest BCUT2D eigenvalue weighted by Gasteiger charge is -2.45. The van der Waals surface area contributed by atoms with Crippen molar-refractivity contribution in [1.82, 2.24) is 10.2 Å². The van der Waals surface area contributed by atoms with E-state index in [2.05, 4.69) is 5.32 Å². The molecule has 3 N–H and O–H groups in total. The average Bonchev–Trinajstić information content (AvgIpc) is 2.43. The molecule has 1 saturated carbocycles.